The number of carbonyl (C=O) groups excluding carboxylic acids is 1. The van der Waals surface area contributed by atoms with Gasteiger partial charge in [0.15, 0.2) is 0 Å². The number of nitrogens with zero attached hydrogens (tertiary/aromatic N) is 1. The molecule has 0 saturated carbocycles. The van der Waals surface area contributed by atoms with Gasteiger partial charge in [-0.2, -0.15) is 0 Å². The Bertz CT molecular complexity index is 174. The van der Waals surface area contributed by atoms with Gasteiger partial charge in [0.2, 0.25) is 5.91 Å². The molecule has 0 atom stereocenters. The van der Waals surface area contributed by atoms with E-state index < -0.39 is 0 Å². The molecular formula is C10H20N2O. The molecule has 0 aromatic carbocycles. The Hall–Kier alpha value is -0.570. The van der Waals surface area contributed by atoms with Gasteiger partial charge >= 0.3 is 0 Å². The molecule has 0 unspecified atom stereocenters. The lowest BCUT2D eigenvalue weighted by Gasteiger charge is -2.38. The van der Waals surface area contributed by atoms with Crippen molar-refractivity contribution in [2.45, 2.75) is 20.8 Å². The molecule has 0 aliphatic carbocycles. The number of likely N-dealkylation sites (tertiary alicyclic amines) is 1. The molecule has 0 radical (unpaired) electrons. The van der Waals surface area contributed by atoms with E-state index in [4.69, 9.17) is 0 Å². The molecule has 1 saturated heterocycles. The number of hydrogen-bond donors (Lipinski definition) is 1. The number of amides is 1. The number of rotatable bonds is 4. The summed E-state index contributed by atoms with van der Waals surface area (Å²) in [6.07, 6.45) is 0. The number of hydrogen-bond acceptors (Lipinski definition) is 2. The van der Waals surface area contributed by atoms with Gasteiger partial charge in [0.1, 0.15) is 0 Å². The average Bonchev–Trinajstić information content (AvgIpc) is 1.92. The van der Waals surface area contributed by atoms with Crippen LogP contribution in [0.3, 0.4) is 0 Å². The zero-order valence-corrected chi connectivity index (χ0v) is 8.84. The lowest BCUT2D eigenvalue weighted by Crippen LogP contribution is -2.52. The minimum atomic E-state index is 0.208. The first-order valence-electron chi connectivity index (χ1n) is 5.05. The molecule has 1 amide bonds. The van der Waals surface area contributed by atoms with Gasteiger partial charge in [-0.3, -0.25) is 4.79 Å². The van der Waals surface area contributed by atoms with E-state index in [1.165, 1.54) is 0 Å². The summed E-state index contributed by atoms with van der Waals surface area (Å²) in [6, 6.07) is 0. The van der Waals surface area contributed by atoms with Crippen LogP contribution in [-0.4, -0.2) is 37.0 Å². The maximum Gasteiger partial charge on any atom is 0.219 e. The molecule has 1 fully saturated rings. The van der Waals surface area contributed by atoms with Crippen molar-refractivity contribution < 1.29 is 4.79 Å². The molecule has 0 spiro atoms. The smallest absolute Gasteiger partial charge is 0.219 e. The van der Waals surface area contributed by atoms with Gasteiger partial charge in [0.05, 0.1) is 0 Å². The zero-order valence-electron chi connectivity index (χ0n) is 8.84. The average molecular weight is 184 g/mol. The third kappa shape index (κ3) is 3.35. The normalized spacial score (nSPS) is 17.7. The quantitative estimate of drug-likeness (QED) is 0.698. The Morgan fingerprint density at radius 3 is 2.62 bits per heavy atom. The van der Waals surface area contributed by atoms with Crippen LogP contribution in [0.25, 0.3) is 0 Å². The molecule has 13 heavy (non-hydrogen) atoms. The first-order valence-corrected chi connectivity index (χ1v) is 5.05. The van der Waals surface area contributed by atoms with Crippen molar-refractivity contribution in [3.63, 3.8) is 0 Å². The third-order valence-corrected chi connectivity index (χ3v) is 2.39. The van der Waals surface area contributed by atoms with Crippen LogP contribution in [-0.2, 0) is 4.79 Å². The van der Waals surface area contributed by atoms with Gasteiger partial charge in [0, 0.05) is 32.5 Å². The van der Waals surface area contributed by atoms with Crippen LogP contribution in [0.4, 0.5) is 0 Å². The summed E-state index contributed by atoms with van der Waals surface area (Å²) in [5.74, 6) is 1.60. The standard InChI is InChI=1S/C10H20N2O/c1-8(2)4-11-5-10-6-12(7-10)9(3)13/h8,10-11H,4-7H2,1-3H3. The molecule has 1 N–H and O–H groups in total. The maximum atomic E-state index is 10.9. The van der Waals surface area contributed by atoms with E-state index in [0.717, 1.165) is 26.2 Å². The predicted molar refractivity (Wildman–Crippen MR) is 53.5 cm³/mol. The van der Waals surface area contributed by atoms with Crippen molar-refractivity contribution in [3.8, 4) is 0 Å². The Kier molecular flexibility index (Phi) is 3.72. The van der Waals surface area contributed by atoms with E-state index in [-0.39, 0.29) is 5.91 Å². The Labute approximate surface area is 80.5 Å². The highest BCUT2D eigenvalue weighted by Gasteiger charge is 2.27. The second-order valence-electron chi connectivity index (χ2n) is 4.34. The molecule has 1 heterocycles. The highest BCUT2D eigenvalue weighted by molar-refractivity contribution is 5.74. The highest BCUT2D eigenvalue weighted by Crippen LogP contribution is 2.13. The van der Waals surface area contributed by atoms with Crippen molar-refractivity contribution in [2.75, 3.05) is 26.2 Å². The Morgan fingerprint density at radius 1 is 1.54 bits per heavy atom. The lowest BCUT2D eigenvalue weighted by molar-refractivity contribution is -0.134. The van der Waals surface area contributed by atoms with E-state index >= 15 is 0 Å². The van der Waals surface area contributed by atoms with Gasteiger partial charge in [-0.15, -0.1) is 0 Å². The van der Waals surface area contributed by atoms with Crippen LogP contribution in [0.5, 0.6) is 0 Å². The van der Waals surface area contributed by atoms with E-state index in [9.17, 15) is 4.79 Å². The molecule has 3 nitrogen and oxygen atoms in total. The first-order chi connectivity index (χ1) is 6.09. The third-order valence-electron chi connectivity index (χ3n) is 2.39. The topological polar surface area (TPSA) is 32.3 Å². The fraction of sp³-hybridized carbons (Fsp3) is 0.900. The summed E-state index contributed by atoms with van der Waals surface area (Å²) < 4.78 is 0. The van der Waals surface area contributed by atoms with E-state index in [1.807, 2.05) is 4.90 Å². The largest absolute Gasteiger partial charge is 0.342 e. The van der Waals surface area contributed by atoms with Gasteiger partial charge in [0.25, 0.3) is 0 Å². The molecule has 3 heteroatoms. The maximum absolute atomic E-state index is 10.9. The minimum Gasteiger partial charge on any atom is -0.342 e. The van der Waals surface area contributed by atoms with E-state index in [2.05, 4.69) is 19.2 Å². The lowest BCUT2D eigenvalue weighted by atomic mass is 10.00. The highest BCUT2D eigenvalue weighted by atomic mass is 16.2. The van der Waals surface area contributed by atoms with Gasteiger partial charge in [-0.25, -0.2) is 0 Å². The monoisotopic (exact) mass is 184 g/mol. The summed E-state index contributed by atoms with van der Waals surface area (Å²) in [7, 11) is 0. The van der Waals surface area contributed by atoms with Crippen LogP contribution in [0.15, 0.2) is 0 Å². The summed E-state index contributed by atoms with van der Waals surface area (Å²) in [4.78, 5) is 12.7. The van der Waals surface area contributed by atoms with Crippen molar-refractivity contribution in [2.24, 2.45) is 11.8 Å². The summed E-state index contributed by atoms with van der Waals surface area (Å²) in [6.45, 7) is 10.1. The molecular weight excluding hydrogens is 164 g/mol. The first kappa shape index (κ1) is 10.5. The zero-order chi connectivity index (χ0) is 9.84. The van der Waals surface area contributed by atoms with Crippen molar-refractivity contribution in [1.29, 1.82) is 0 Å². The van der Waals surface area contributed by atoms with E-state index in [1.54, 1.807) is 6.92 Å². The Morgan fingerprint density at radius 2 is 2.15 bits per heavy atom. The summed E-state index contributed by atoms with van der Waals surface area (Å²) in [5.41, 5.74) is 0. The molecule has 1 rings (SSSR count). The molecule has 0 aromatic heterocycles. The molecule has 1 aliphatic heterocycles. The van der Waals surface area contributed by atoms with Gasteiger partial charge in [-0.05, 0) is 12.5 Å². The number of carbonyl (C=O) groups is 1. The summed E-state index contributed by atoms with van der Waals surface area (Å²) >= 11 is 0. The van der Waals surface area contributed by atoms with Gasteiger partial charge < -0.3 is 10.2 Å². The van der Waals surface area contributed by atoms with Crippen LogP contribution in [0, 0.1) is 11.8 Å². The van der Waals surface area contributed by atoms with Crippen molar-refractivity contribution in [3.05, 3.63) is 0 Å². The number of nitrogens with one attached hydrogen (secondary N) is 1. The van der Waals surface area contributed by atoms with Crippen LogP contribution in [0.1, 0.15) is 20.8 Å². The van der Waals surface area contributed by atoms with Gasteiger partial charge in [-0.1, -0.05) is 13.8 Å². The summed E-state index contributed by atoms with van der Waals surface area (Å²) in [5, 5.41) is 3.41. The fourth-order valence-electron chi connectivity index (χ4n) is 1.53. The van der Waals surface area contributed by atoms with Crippen molar-refractivity contribution in [1.82, 2.24) is 10.2 Å². The second kappa shape index (κ2) is 4.61. The van der Waals surface area contributed by atoms with Crippen LogP contribution in [0.2, 0.25) is 0 Å². The molecule has 0 aromatic rings. The second-order valence-corrected chi connectivity index (χ2v) is 4.34. The Balaban J connectivity index is 1.99. The van der Waals surface area contributed by atoms with Crippen LogP contribution >= 0.6 is 0 Å². The molecule has 1 aliphatic rings. The molecule has 76 valence electrons. The minimum absolute atomic E-state index is 0.208. The van der Waals surface area contributed by atoms with Crippen molar-refractivity contribution >= 4 is 5.91 Å². The van der Waals surface area contributed by atoms with E-state index in [0.29, 0.717) is 11.8 Å². The van der Waals surface area contributed by atoms with Crippen LogP contribution < -0.4 is 5.32 Å². The molecule has 0 bridgehead atoms. The predicted octanol–water partition coefficient (Wildman–Crippen LogP) is 0.710. The SMILES string of the molecule is CC(=O)N1CC(CNCC(C)C)C1. The fourth-order valence-corrected chi connectivity index (χ4v) is 1.53.